The molecule has 3 aromatic rings. The number of carbonyl (C=O) groups excluding carboxylic acids is 1. The van der Waals surface area contributed by atoms with E-state index in [1.165, 1.54) is 22.6 Å². The van der Waals surface area contributed by atoms with Crippen molar-refractivity contribution in [2.24, 2.45) is 0 Å². The number of hydrogen-bond acceptors (Lipinski definition) is 5. The van der Waals surface area contributed by atoms with Crippen LogP contribution in [0.1, 0.15) is 33.8 Å². The Balaban J connectivity index is 1.37. The molecule has 30 heavy (non-hydrogen) atoms. The van der Waals surface area contributed by atoms with E-state index in [-0.39, 0.29) is 22.7 Å². The van der Waals surface area contributed by atoms with Crippen LogP contribution in [0.15, 0.2) is 65.6 Å². The van der Waals surface area contributed by atoms with E-state index in [0.29, 0.717) is 5.69 Å². The van der Waals surface area contributed by atoms with Crippen molar-refractivity contribution in [1.29, 1.82) is 0 Å². The standard InChI is InChI=1S/C22H23N3O3S2/c1-15(16-5-3-2-4-6-16)24-22(26)25-18-7-9-20(10-8-18)30(27,28)14-19-11-17-12-23-13-21(17)29-19/h2-11,15,23H,12-14H2,1H3,(H2,24,25,26). The molecule has 0 fully saturated rings. The van der Waals surface area contributed by atoms with Crippen LogP contribution in [0.2, 0.25) is 0 Å². The molecule has 1 aliphatic heterocycles. The number of thiophene rings is 1. The molecule has 156 valence electrons. The molecule has 1 aromatic heterocycles. The summed E-state index contributed by atoms with van der Waals surface area (Å²) >= 11 is 1.55. The number of sulfone groups is 1. The van der Waals surface area contributed by atoms with Gasteiger partial charge in [-0.2, -0.15) is 0 Å². The Morgan fingerprint density at radius 2 is 1.83 bits per heavy atom. The minimum atomic E-state index is -3.44. The van der Waals surface area contributed by atoms with Gasteiger partial charge in [0.1, 0.15) is 0 Å². The molecule has 0 spiro atoms. The highest BCUT2D eigenvalue weighted by atomic mass is 32.2. The number of anilines is 1. The number of nitrogens with one attached hydrogen (secondary N) is 3. The van der Waals surface area contributed by atoms with E-state index in [1.807, 2.05) is 43.3 Å². The maximum atomic E-state index is 12.8. The van der Waals surface area contributed by atoms with Gasteiger partial charge in [-0.05, 0) is 48.4 Å². The summed E-state index contributed by atoms with van der Waals surface area (Å²) in [6, 6.07) is 17.4. The predicted molar refractivity (Wildman–Crippen MR) is 119 cm³/mol. The van der Waals surface area contributed by atoms with E-state index in [0.717, 1.165) is 23.5 Å². The monoisotopic (exact) mass is 441 g/mol. The molecule has 0 aliphatic carbocycles. The van der Waals surface area contributed by atoms with Gasteiger partial charge in [-0.3, -0.25) is 0 Å². The summed E-state index contributed by atoms with van der Waals surface area (Å²) in [5.74, 6) is -0.00742. The van der Waals surface area contributed by atoms with Gasteiger partial charge in [0.2, 0.25) is 0 Å². The molecule has 3 N–H and O–H groups in total. The highest BCUT2D eigenvalue weighted by molar-refractivity contribution is 7.90. The molecule has 0 saturated carbocycles. The molecule has 4 rings (SSSR count). The Bertz CT molecular complexity index is 1120. The number of benzene rings is 2. The Hall–Kier alpha value is -2.68. The van der Waals surface area contributed by atoms with E-state index >= 15 is 0 Å². The number of amides is 2. The van der Waals surface area contributed by atoms with Crippen LogP contribution in [-0.4, -0.2) is 14.4 Å². The molecule has 1 atom stereocenters. The average Bonchev–Trinajstić information content (AvgIpc) is 3.30. The van der Waals surface area contributed by atoms with E-state index in [1.54, 1.807) is 23.5 Å². The minimum absolute atomic E-state index is 0.00742. The third kappa shape index (κ3) is 4.72. The molecular weight excluding hydrogens is 418 g/mol. The van der Waals surface area contributed by atoms with E-state index in [2.05, 4.69) is 16.0 Å². The van der Waals surface area contributed by atoms with Crippen molar-refractivity contribution in [2.45, 2.75) is 36.7 Å². The molecule has 1 unspecified atom stereocenters. The normalized spacial score (nSPS) is 14.2. The zero-order chi connectivity index (χ0) is 21.1. The first-order chi connectivity index (χ1) is 14.4. The van der Waals surface area contributed by atoms with Gasteiger partial charge in [0.05, 0.1) is 16.7 Å². The summed E-state index contributed by atoms with van der Waals surface area (Å²) < 4.78 is 25.5. The van der Waals surface area contributed by atoms with Crippen LogP contribution in [0.3, 0.4) is 0 Å². The number of fused-ring (bicyclic) bond motifs is 1. The molecule has 8 heteroatoms. The second-order valence-corrected chi connectivity index (χ2v) is 10.5. The SMILES string of the molecule is CC(NC(=O)Nc1ccc(S(=O)(=O)Cc2cc3c(s2)CNC3)cc1)c1ccccc1. The molecule has 2 heterocycles. The van der Waals surface area contributed by atoms with E-state index < -0.39 is 9.84 Å². The van der Waals surface area contributed by atoms with Crippen LogP contribution < -0.4 is 16.0 Å². The van der Waals surface area contributed by atoms with Crippen molar-refractivity contribution in [2.75, 3.05) is 5.32 Å². The third-order valence-corrected chi connectivity index (χ3v) is 8.04. The van der Waals surface area contributed by atoms with Gasteiger partial charge in [-0.15, -0.1) is 11.3 Å². The Morgan fingerprint density at radius 3 is 2.53 bits per heavy atom. The summed E-state index contributed by atoms with van der Waals surface area (Å²) in [4.78, 5) is 14.6. The predicted octanol–water partition coefficient (Wildman–Crippen LogP) is 4.21. The van der Waals surface area contributed by atoms with Crippen molar-refractivity contribution >= 4 is 32.9 Å². The number of urea groups is 1. The smallest absolute Gasteiger partial charge is 0.319 e. The van der Waals surface area contributed by atoms with E-state index in [4.69, 9.17) is 0 Å². The second-order valence-electron chi connectivity index (χ2n) is 7.28. The highest BCUT2D eigenvalue weighted by Crippen LogP contribution is 2.29. The van der Waals surface area contributed by atoms with E-state index in [9.17, 15) is 13.2 Å². The summed E-state index contributed by atoms with van der Waals surface area (Å²) in [5.41, 5.74) is 2.73. The van der Waals surface area contributed by atoms with Crippen LogP contribution in [0.5, 0.6) is 0 Å². The van der Waals surface area contributed by atoms with Crippen molar-refractivity contribution in [3.8, 4) is 0 Å². The summed E-state index contributed by atoms with van der Waals surface area (Å²) in [6.45, 7) is 3.52. The fourth-order valence-corrected chi connectivity index (χ4v) is 6.24. The van der Waals surface area contributed by atoms with Crippen LogP contribution in [-0.2, 0) is 28.7 Å². The van der Waals surface area contributed by atoms with Crippen molar-refractivity contribution in [1.82, 2.24) is 10.6 Å². The van der Waals surface area contributed by atoms with Crippen molar-refractivity contribution < 1.29 is 13.2 Å². The van der Waals surface area contributed by atoms with Crippen molar-refractivity contribution in [3.05, 3.63) is 81.5 Å². The molecule has 1 aliphatic rings. The van der Waals surface area contributed by atoms with Gasteiger partial charge in [0.15, 0.2) is 9.84 Å². The first kappa shape index (κ1) is 20.6. The summed E-state index contributed by atoms with van der Waals surface area (Å²) in [5, 5.41) is 8.87. The van der Waals surface area contributed by atoms with Gasteiger partial charge in [0.25, 0.3) is 0 Å². The topological polar surface area (TPSA) is 87.3 Å². The lowest BCUT2D eigenvalue weighted by Gasteiger charge is -2.15. The quantitative estimate of drug-likeness (QED) is 0.535. The zero-order valence-electron chi connectivity index (χ0n) is 16.5. The lowest BCUT2D eigenvalue weighted by atomic mass is 10.1. The van der Waals surface area contributed by atoms with Crippen LogP contribution in [0.4, 0.5) is 10.5 Å². The Labute approximate surface area is 180 Å². The second kappa shape index (κ2) is 8.59. The molecule has 0 radical (unpaired) electrons. The Morgan fingerprint density at radius 1 is 1.10 bits per heavy atom. The summed E-state index contributed by atoms with van der Waals surface area (Å²) in [7, 11) is -3.44. The molecule has 2 aromatic carbocycles. The highest BCUT2D eigenvalue weighted by Gasteiger charge is 2.20. The van der Waals surface area contributed by atoms with Crippen molar-refractivity contribution in [3.63, 3.8) is 0 Å². The molecule has 0 saturated heterocycles. The molecule has 0 bridgehead atoms. The molecule has 6 nitrogen and oxygen atoms in total. The van der Waals surface area contributed by atoms with Crippen LogP contribution >= 0.6 is 11.3 Å². The zero-order valence-corrected chi connectivity index (χ0v) is 18.1. The van der Waals surface area contributed by atoms with Gasteiger partial charge < -0.3 is 16.0 Å². The molecule has 2 amide bonds. The number of carbonyl (C=O) groups is 1. The number of rotatable bonds is 6. The Kier molecular flexibility index (Phi) is 5.90. The fraction of sp³-hybridized carbons (Fsp3) is 0.227. The lowest BCUT2D eigenvalue weighted by molar-refractivity contribution is 0.249. The van der Waals surface area contributed by atoms with Gasteiger partial charge in [-0.25, -0.2) is 13.2 Å². The number of hydrogen-bond donors (Lipinski definition) is 3. The minimum Gasteiger partial charge on any atom is -0.331 e. The van der Waals surface area contributed by atoms with Gasteiger partial charge in [0, 0.05) is 28.5 Å². The fourth-order valence-electron chi connectivity index (χ4n) is 3.41. The largest absolute Gasteiger partial charge is 0.331 e. The maximum Gasteiger partial charge on any atom is 0.319 e. The average molecular weight is 442 g/mol. The maximum absolute atomic E-state index is 12.8. The molecular formula is C22H23N3O3S2. The van der Waals surface area contributed by atoms with Gasteiger partial charge in [-0.1, -0.05) is 30.3 Å². The first-order valence-electron chi connectivity index (χ1n) is 9.67. The summed E-state index contributed by atoms with van der Waals surface area (Å²) in [6.07, 6.45) is 0. The van der Waals surface area contributed by atoms with Crippen LogP contribution in [0, 0.1) is 0 Å². The lowest BCUT2D eigenvalue weighted by Crippen LogP contribution is -2.31. The third-order valence-electron chi connectivity index (χ3n) is 5.00. The first-order valence-corrected chi connectivity index (χ1v) is 12.1. The van der Waals surface area contributed by atoms with Crippen LogP contribution in [0.25, 0.3) is 0 Å². The van der Waals surface area contributed by atoms with Gasteiger partial charge >= 0.3 is 6.03 Å².